The van der Waals surface area contributed by atoms with Crippen LogP contribution in [-0.2, 0) is 9.53 Å². The van der Waals surface area contributed by atoms with E-state index in [0.29, 0.717) is 54.9 Å². The molecule has 162 valence electrons. The monoisotopic (exact) mass is 429 g/mol. The molecule has 1 aromatic heterocycles. The minimum absolute atomic E-state index is 0.151. The third-order valence-corrected chi connectivity index (χ3v) is 5.74. The normalized spacial score (nSPS) is 16.3. The molecule has 5 rings (SSSR count). The van der Waals surface area contributed by atoms with Gasteiger partial charge in [-0.25, -0.2) is 9.97 Å². The Labute approximate surface area is 186 Å². The van der Waals surface area contributed by atoms with E-state index in [1.807, 2.05) is 54.6 Å². The number of fused-ring (bicyclic) bond motifs is 2. The van der Waals surface area contributed by atoms with Gasteiger partial charge in [0.25, 0.3) is 5.91 Å². The summed E-state index contributed by atoms with van der Waals surface area (Å²) in [4.78, 5) is 41.3. The molecule has 2 aliphatic heterocycles. The molecule has 0 N–H and O–H groups in total. The molecule has 0 aliphatic carbocycles. The molecule has 2 amide bonds. The molecule has 0 saturated carbocycles. The van der Waals surface area contributed by atoms with Crippen molar-refractivity contribution in [3.8, 4) is 11.4 Å². The van der Waals surface area contributed by atoms with Crippen molar-refractivity contribution in [1.82, 2.24) is 14.9 Å². The molecule has 3 heterocycles. The molecule has 0 spiro atoms. The van der Waals surface area contributed by atoms with Gasteiger partial charge in [0.1, 0.15) is 5.56 Å². The quantitative estimate of drug-likeness (QED) is 0.637. The number of carbonyl (C=O) groups excluding carboxylic acids is 2. The minimum atomic E-state index is -0.256. The molecule has 0 atom stereocenters. The summed E-state index contributed by atoms with van der Waals surface area (Å²) in [7, 11) is 1.70. The highest BCUT2D eigenvalue weighted by Crippen LogP contribution is 2.39. The Kier molecular flexibility index (Phi) is 5.38. The van der Waals surface area contributed by atoms with Gasteiger partial charge in [0.2, 0.25) is 5.91 Å². The summed E-state index contributed by atoms with van der Waals surface area (Å²) in [5, 5.41) is 0. The lowest BCUT2D eigenvalue weighted by Crippen LogP contribution is -2.44. The number of nitrogens with zero attached hydrogens (tertiary/aromatic N) is 5. The first-order valence-electron chi connectivity index (χ1n) is 10.6. The maximum Gasteiger partial charge on any atom is 0.263 e. The first-order valence-corrected chi connectivity index (χ1v) is 10.6. The average molecular weight is 429 g/mol. The third kappa shape index (κ3) is 3.63. The number of amides is 2. The summed E-state index contributed by atoms with van der Waals surface area (Å²) in [5.41, 5.74) is 2.37. The van der Waals surface area contributed by atoms with Crippen molar-refractivity contribution < 1.29 is 14.3 Å². The Morgan fingerprint density at radius 2 is 1.69 bits per heavy atom. The largest absolute Gasteiger partial charge is 0.379 e. The van der Waals surface area contributed by atoms with E-state index in [1.54, 1.807) is 16.8 Å². The summed E-state index contributed by atoms with van der Waals surface area (Å²) in [6, 6.07) is 16.9. The van der Waals surface area contributed by atoms with Gasteiger partial charge in [0, 0.05) is 31.9 Å². The Balaban J connectivity index is 1.65. The smallest absolute Gasteiger partial charge is 0.263 e. The van der Waals surface area contributed by atoms with Crippen LogP contribution in [0.4, 0.5) is 17.2 Å². The molecule has 3 aromatic rings. The van der Waals surface area contributed by atoms with Crippen LogP contribution < -0.4 is 9.80 Å². The topological polar surface area (TPSA) is 78.9 Å². The van der Waals surface area contributed by atoms with E-state index < -0.39 is 0 Å². The fraction of sp³-hybridized carbons (Fsp3) is 0.250. The highest BCUT2D eigenvalue weighted by atomic mass is 16.5. The highest BCUT2D eigenvalue weighted by molar-refractivity contribution is 6.18. The van der Waals surface area contributed by atoms with Crippen molar-refractivity contribution in [1.29, 1.82) is 0 Å². The molecule has 1 fully saturated rings. The van der Waals surface area contributed by atoms with Gasteiger partial charge < -0.3 is 9.64 Å². The van der Waals surface area contributed by atoms with E-state index in [1.165, 1.54) is 6.20 Å². The van der Waals surface area contributed by atoms with Crippen molar-refractivity contribution in [2.75, 3.05) is 49.7 Å². The van der Waals surface area contributed by atoms with Crippen LogP contribution in [0.1, 0.15) is 10.4 Å². The first kappa shape index (κ1) is 20.3. The van der Waals surface area contributed by atoms with Crippen molar-refractivity contribution >= 4 is 29.0 Å². The van der Waals surface area contributed by atoms with Gasteiger partial charge in [-0.3, -0.25) is 19.4 Å². The highest BCUT2D eigenvalue weighted by Gasteiger charge is 2.34. The molecule has 8 heteroatoms. The number of morpholine rings is 1. The van der Waals surface area contributed by atoms with Gasteiger partial charge in [-0.1, -0.05) is 42.5 Å². The first-order chi connectivity index (χ1) is 15.6. The van der Waals surface area contributed by atoms with Crippen molar-refractivity contribution in [2.45, 2.75) is 0 Å². The second kappa shape index (κ2) is 8.49. The van der Waals surface area contributed by atoms with Crippen LogP contribution in [-0.4, -0.2) is 66.6 Å². The van der Waals surface area contributed by atoms with Crippen LogP contribution in [0.5, 0.6) is 0 Å². The predicted octanol–water partition coefficient (Wildman–Crippen LogP) is 2.73. The van der Waals surface area contributed by atoms with Crippen LogP contribution in [0.15, 0.2) is 60.8 Å². The summed E-state index contributed by atoms with van der Waals surface area (Å²) in [5.74, 6) is 0.359. The molecule has 0 bridgehead atoms. The lowest BCUT2D eigenvalue weighted by atomic mass is 10.2. The molecule has 8 nitrogen and oxygen atoms in total. The molecular weight excluding hydrogens is 406 g/mol. The number of hydrogen-bond donors (Lipinski definition) is 0. The SMILES string of the molecule is CN1C(=O)c2cnc(-c3ccccc3)nc2N(C(=O)CN2CCOCC2)c2ccccc21. The van der Waals surface area contributed by atoms with Crippen LogP contribution in [0.2, 0.25) is 0 Å². The Morgan fingerprint density at radius 3 is 2.44 bits per heavy atom. The molecule has 1 saturated heterocycles. The number of carbonyl (C=O) groups is 2. The Bertz CT molecular complexity index is 1160. The lowest BCUT2D eigenvalue weighted by Gasteiger charge is -2.29. The predicted molar refractivity (Wildman–Crippen MR) is 121 cm³/mol. The fourth-order valence-electron chi connectivity index (χ4n) is 4.04. The zero-order valence-corrected chi connectivity index (χ0v) is 17.8. The maximum atomic E-state index is 13.7. The zero-order chi connectivity index (χ0) is 22.1. The summed E-state index contributed by atoms with van der Waals surface area (Å²) in [6.07, 6.45) is 1.52. The number of benzene rings is 2. The van der Waals surface area contributed by atoms with E-state index >= 15 is 0 Å². The number of hydrogen-bond acceptors (Lipinski definition) is 6. The maximum absolute atomic E-state index is 13.7. The Hall–Kier alpha value is -3.62. The van der Waals surface area contributed by atoms with Crippen molar-refractivity contribution in [3.05, 3.63) is 66.4 Å². The van der Waals surface area contributed by atoms with Crippen molar-refractivity contribution in [2.24, 2.45) is 0 Å². The van der Waals surface area contributed by atoms with Gasteiger partial charge in [-0.05, 0) is 12.1 Å². The zero-order valence-electron chi connectivity index (χ0n) is 17.8. The summed E-state index contributed by atoms with van der Waals surface area (Å²) in [6.45, 7) is 2.78. The molecule has 2 aromatic carbocycles. The molecule has 0 unspecified atom stereocenters. The fourth-order valence-corrected chi connectivity index (χ4v) is 4.04. The van der Waals surface area contributed by atoms with E-state index in [-0.39, 0.29) is 18.4 Å². The molecule has 32 heavy (non-hydrogen) atoms. The number of anilines is 3. The van der Waals surface area contributed by atoms with Gasteiger partial charge in [0.15, 0.2) is 11.6 Å². The molecule has 0 radical (unpaired) electrons. The summed E-state index contributed by atoms with van der Waals surface area (Å²) >= 11 is 0. The second-order valence-corrected chi connectivity index (χ2v) is 7.77. The van der Waals surface area contributed by atoms with Gasteiger partial charge >= 0.3 is 0 Å². The minimum Gasteiger partial charge on any atom is -0.379 e. The standard InChI is InChI=1S/C24H23N5O3/c1-27-19-9-5-6-10-20(19)29(21(30)16-28-11-13-32-14-12-28)23-18(24(27)31)15-25-22(26-23)17-7-3-2-4-8-17/h2-10,15H,11-14,16H2,1H3. The van der Waals surface area contributed by atoms with Gasteiger partial charge in [-0.15, -0.1) is 0 Å². The number of rotatable bonds is 3. The Morgan fingerprint density at radius 1 is 1.00 bits per heavy atom. The van der Waals surface area contributed by atoms with Crippen LogP contribution in [0.25, 0.3) is 11.4 Å². The van der Waals surface area contributed by atoms with Crippen LogP contribution >= 0.6 is 0 Å². The van der Waals surface area contributed by atoms with E-state index in [4.69, 9.17) is 9.72 Å². The van der Waals surface area contributed by atoms with E-state index in [9.17, 15) is 9.59 Å². The van der Waals surface area contributed by atoms with Crippen molar-refractivity contribution in [3.63, 3.8) is 0 Å². The number of ether oxygens (including phenoxy) is 1. The van der Waals surface area contributed by atoms with Gasteiger partial charge in [0.05, 0.1) is 31.1 Å². The van der Waals surface area contributed by atoms with E-state index in [0.717, 1.165) is 5.56 Å². The third-order valence-electron chi connectivity index (χ3n) is 5.74. The van der Waals surface area contributed by atoms with Crippen LogP contribution in [0, 0.1) is 0 Å². The second-order valence-electron chi connectivity index (χ2n) is 7.77. The van der Waals surface area contributed by atoms with E-state index in [2.05, 4.69) is 9.88 Å². The molecule has 2 aliphatic rings. The average Bonchev–Trinajstić information content (AvgIpc) is 2.93. The van der Waals surface area contributed by atoms with Gasteiger partial charge in [-0.2, -0.15) is 0 Å². The molecular formula is C24H23N5O3. The number of aromatic nitrogens is 2. The lowest BCUT2D eigenvalue weighted by molar-refractivity contribution is -0.120. The number of para-hydroxylation sites is 2. The summed E-state index contributed by atoms with van der Waals surface area (Å²) < 4.78 is 5.41. The van der Waals surface area contributed by atoms with Crippen LogP contribution in [0.3, 0.4) is 0 Å².